The van der Waals surface area contributed by atoms with Crippen LogP contribution in [0.25, 0.3) is 0 Å². The van der Waals surface area contributed by atoms with E-state index in [9.17, 15) is 0 Å². The highest BCUT2D eigenvalue weighted by Crippen LogP contribution is 1.98. The Balaban J connectivity index is 0. The summed E-state index contributed by atoms with van der Waals surface area (Å²) in [5, 5.41) is 0. The van der Waals surface area contributed by atoms with Crippen molar-refractivity contribution in [3.8, 4) is 0 Å². The molecule has 0 saturated heterocycles. The molecule has 0 fully saturated rings. The molecule has 0 saturated carbocycles. The summed E-state index contributed by atoms with van der Waals surface area (Å²) in [6.45, 7) is 15.4. The van der Waals surface area contributed by atoms with Crippen molar-refractivity contribution in [2.75, 3.05) is 33.7 Å². The third-order valence-corrected chi connectivity index (χ3v) is 1.74. The summed E-state index contributed by atoms with van der Waals surface area (Å²) in [4.78, 5) is 4.46. The van der Waals surface area contributed by atoms with Crippen molar-refractivity contribution >= 4 is 0 Å². The Bertz CT molecular complexity index is 119. The van der Waals surface area contributed by atoms with Gasteiger partial charge in [0.25, 0.3) is 0 Å². The molecule has 0 aromatic rings. The summed E-state index contributed by atoms with van der Waals surface area (Å²) in [7, 11) is 4.18. The van der Waals surface area contributed by atoms with Crippen LogP contribution in [0.4, 0.5) is 0 Å². The lowest BCUT2D eigenvalue weighted by Gasteiger charge is -2.24. The first-order valence-corrected chi connectivity index (χ1v) is 5.13. The molecule has 2 heteroatoms. The van der Waals surface area contributed by atoms with Gasteiger partial charge in [-0.25, -0.2) is 0 Å². The van der Waals surface area contributed by atoms with Crippen molar-refractivity contribution in [3.63, 3.8) is 0 Å². The van der Waals surface area contributed by atoms with Gasteiger partial charge in [-0.3, -0.25) is 0 Å². The molecule has 0 N–H and O–H groups in total. The molecule has 80 valence electrons. The molecular formula is C11H26N2. The van der Waals surface area contributed by atoms with Crippen LogP contribution < -0.4 is 0 Å². The SMILES string of the molecule is C=C(C)N(CC)CCN(C)C.CC. The van der Waals surface area contributed by atoms with Crippen LogP contribution in [0.5, 0.6) is 0 Å². The van der Waals surface area contributed by atoms with Gasteiger partial charge >= 0.3 is 0 Å². The van der Waals surface area contributed by atoms with Gasteiger partial charge < -0.3 is 9.80 Å². The summed E-state index contributed by atoms with van der Waals surface area (Å²) in [5.74, 6) is 0. The smallest absolute Gasteiger partial charge is 0.0302 e. The number of rotatable bonds is 5. The Hall–Kier alpha value is -0.500. The lowest BCUT2D eigenvalue weighted by atomic mass is 10.4. The average molecular weight is 186 g/mol. The molecule has 0 aliphatic carbocycles. The molecule has 0 aromatic carbocycles. The monoisotopic (exact) mass is 186 g/mol. The van der Waals surface area contributed by atoms with Gasteiger partial charge in [0, 0.05) is 25.3 Å². The molecule has 13 heavy (non-hydrogen) atoms. The third-order valence-electron chi connectivity index (χ3n) is 1.74. The molecule has 0 aliphatic heterocycles. The number of likely N-dealkylation sites (N-methyl/N-ethyl adjacent to an activating group) is 2. The van der Waals surface area contributed by atoms with Gasteiger partial charge in [0.1, 0.15) is 0 Å². The first-order valence-electron chi connectivity index (χ1n) is 5.13. The summed E-state index contributed by atoms with van der Waals surface area (Å²) in [6, 6.07) is 0. The van der Waals surface area contributed by atoms with Gasteiger partial charge in [-0.2, -0.15) is 0 Å². The second-order valence-electron chi connectivity index (χ2n) is 3.12. The third kappa shape index (κ3) is 9.41. The Morgan fingerprint density at radius 2 is 1.62 bits per heavy atom. The predicted octanol–water partition coefficient (Wildman–Crippen LogP) is 2.43. The summed E-state index contributed by atoms with van der Waals surface area (Å²) in [5.41, 5.74) is 1.16. The van der Waals surface area contributed by atoms with E-state index in [0.29, 0.717) is 0 Å². The van der Waals surface area contributed by atoms with Crippen LogP contribution in [-0.2, 0) is 0 Å². The number of allylic oxidation sites excluding steroid dienone is 1. The summed E-state index contributed by atoms with van der Waals surface area (Å²) >= 11 is 0. The van der Waals surface area contributed by atoms with Crippen molar-refractivity contribution in [2.45, 2.75) is 27.7 Å². The van der Waals surface area contributed by atoms with Crippen LogP contribution in [-0.4, -0.2) is 43.5 Å². The van der Waals surface area contributed by atoms with E-state index in [1.54, 1.807) is 0 Å². The minimum Gasteiger partial charge on any atom is -0.375 e. The lowest BCUT2D eigenvalue weighted by Crippen LogP contribution is -2.29. The maximum absolute atomic E-state index is 3.91. The zero-order valence-corrected chi connectivity index (χ0v) is 10.2. The van der Waals surface area contributed by atoms with Crippen LogP contribution >= 0.6 is 0 Å². The van der Waals surface area contributed by atoms with Crippen molar-refractivity contribution in [3.05, 3.63) is 12.3 Å². The van der Waals surface area contributed by atoms with E-state index in [4.69, 9.17) is 0 Å². The topological polar surface area (TPSA) is 6.48 Å². The maximum Gasteiger partial charge on any atom is 0.0302 e. The zero-order chi connectivity index (χ0) is 10.9. The minimum absolute atomic E-state index is 1.06. The summed E-state index contributed by atoms with van der Waals surface area (Å²) in [6.07, 6.45) is 0. The van der Waals surface area contributed by atoms with Gasteiger partial charge in [0.15, 0.2) is 0 Å². The molecule has 0 bridgehead atoms. The van der Waals surface area contributed by atoms with Crippen LogP contribution in [0.2, 0.25) is 0 Å². The van der Waals surface area contributed by atoms with Crippen LogP contribution in [0.1, 0.15) is 27.7 Å². The van der Waals surface area contributed by atoms with Crippen molar-refractivity contribution < 1.29 is 0 Å². The highest BCUT2D eigenvalue weighted by atomic mass is 15.2. The molecule has 2 nitrogen and oxygen atoms in total. The molecule has 0 aliphatic rings. The molecule has 0 unspecified atom stereocenters. The van der Waals surface area contributed by atoms with Gasteiger partial charge in [-0.15, -0.1) is 0 Å². The van der Waals surface area contributed by atoms with Crippen LogP contribution in [0.3, 0.4) is 0 Å². The fourth-order valence-electron chi connectivity index (χ4n) is 0.940. The van der Waals surface area contributed by atoms with Gasteiger partial charge in [0.2, 0.25) is 0 Å². The standard InChI is InChI=1S/C9H20N2.C2H6/c1-6-11(9(2)3)8-7-10(4)5;1-2/h2,6-8H2,1,3-5H3;1-2H3. The quantitative estimate of drug-likeness (QED) is 0.650. The first-order chi connectivity index (χ1) is 6.07. The average Bonchev–Trinajstić information content (AvgIpc) is 2.08. The van der Waals surface area contributed by atoms with E-state index in [0.717, 1.165) is 25.3 Å². The van der Waals surface area contributed by atoms with E-state index < -0.39 is 0 Å². The Labute approximate surface area is 84.2 Å². The van der Waals surface area contributed by atoms with Gasteiger partial charge in [-0.05, 0) is 27.9 Å². The summed E-state index contributed by atoms with van der Waals surface area (Å²) < 4.78 is 0. The maximum atomic E-state index is 3.91. The van der Waals surface area contributed by atoms with Gasteiger partial charge in [0.05, 0.1) is 0 Å². The van der Waals surface area contributed by atoms with Crippen LogP contribution in [0, 0.1) is 0 Å². The minimum atomic E-state index is 1.06. The number of hydrogen-bond donors (Lipinski definition) is 0. The molecule has 0 rings (SSSR count). The Morgan fingerprint density at radius 1 is 1.15 bits per heavy atom. The second kappa shape index (κ2) is 9.59. The molecule has 0 radical (unpaired) electrons. The molecule has 0 spiro atoms. The normalized spacial score (nSPS) is 9.15. The molecule has 0 aromatic heterocycles. The molecule has 0 amide bonds. The molecular weight excluding hydrogens is 160 g/mol. The Morgan fingerprint density at radius 3 is 1.85 bits per heavy atom. The number of nitrogens with zero attached hydrogens (tertiary/aromatic N) is 2. The van der Waals surface area contributed by atoms with E-state index in [2.05, 4.69) is 44.3 Å². The zero-order valence-electron chi connectivity index (χ0n) is 10.2. The van der Waals surface area contributed by atoms with Crippen molar-refractivity contribution in [1.82, 2.24) is 9.80 Å². The first kappa shape index (κ1) is 15.0. The van der Waals surface area contributed by atoms with E-state index in [1.807, 2.05) is 13.8 Å². The predicted molar refractivity (Wildman–Crippen MR) is 62.0 cm³/mol. The molecule has 0 heterocycles. The van der Waals surface area contributed by atoms with Crippen molar-refractivity contribution in [1.29, 1.82) is 0 Å². The Kier molecular flexibility index (Phi) is 11.1. The second-order valence-corrected chi connectivity index (χ2v) is 3.12. The molecule has 0 atom stereocenters. The van der Waals surface area contributed by atoms with E-state index in [-0.39, 0.29) is 0 Å². The largest absolute Gasteiger partial charge is 0.375 e. The van der Waals surface area contributed by atoms with Crippen molar-refractivity contribution in [2.24, 2.45) is 0 Å². The fourth-order valence-corrected chi connectivity index (χ4v) is 0.940. The highest BCUT2D eigenvalue weighted by molar-refractivity contribution is 4.87. The fraction of sp³-hybridized carbons (Fsp3) is 0.818. The highest BCUT2D eigenvalue weighted by Gasteiger charge is 1.99. The number of hydrogen-bond acceptors (Lipinski definition) is 2. The van der Waals surface area contributed by atoms with E-state index in [1.165, 1.54) is 0 Å². The van der Waals surface area contributed by atoms with E-state index >= 15 is 0 Å². The van der Waals surface area contributed by atoms with Crippen LogP contribution in [0.15, 0.2) is 12.3 Å². The lowest BCUT2D eigenvalue weighted by molar-refractivity contribution is 0.300. The van der Waals surface area contributed by atoms with Gasteiger partial charge in [-0.1, -0.05) is 20.4 Å².